The minimum Gasteiger partial charge on any atom is -0.486 e. The number of benzene rings is 2. The molecule has 0 bridgehead atoms. The molecule has 0 spiro atoms. The van der Waals surface area contributed by atoms with Crippen molar-refractivity contribution in [1.82, 2.24) is 14.6 Å². The summed E-state index contributed by atoms with van der Waals surface area (Å²) in [6, 6.07) is 16.6. The van der Waals surface area contributed by atoms with Gasteiger partial charge in [-0.2, -0.15) is 9.50 Å². The maximum absolute atomic E-state index is 12.8. The van der Waals surface area contributed by atoms with Gasteiger partial charge in [0.2, 0.25) is 4.96 Å². The molecule has 0 aliphatic carbocycles. The Labute approximate surface area is 196 Å². The molecule has 0 atom stereocenters. The molecule has 2 aromatic carbocycles. The van der Waals surface area contributed by atoms with Crippen molar-refractivity contribution in [2.45, 2.75) is 13.5 Å². The van der Waals surface area contributed by atoms with Crippen molar-refractivity contribution in [2.24, 2.45) is 0 Å². The molecule has 0 unspecified atom stereocenters. The summed E-state index contributed by atoms with van der Waals surface area (Å²) in [5.74, 6) is 2.24. The molecule has 0 saturated heterocycles. The van der Waals surface area contributed by atoms with E-state index in [1.165, 1.54) is 15.9 Å². The lowest BCUT2D eigenvalue weighted by Crippen LogP contribution is -2.23. The van der Waals surface area contributed by atoms with E-state index >= 15 is 0 Å². The maximum atomic E-state index is 12.8. The summed E-state index contributed by atoms with van der Waals surface area (Å²) in [6.07, 6.45) is 1.66. The van der Waals surface area contributed by atoms with Crippen LogP contribution in [0.25, 0.3) is 22.4 Å². The smallest absolute Gasteiger partial charge is 0.291 e. The number of halogens is 2. The van der Waals surface area contributed by atoms with Crippen molar-refractivity contribution in [2.75, 3.05) is 0 Å². The van der Waals surface area contributed by atoms with Crippen LogP contribution in [0.5, 0.6) is 5.75 Å². The number of aryl methyl sites for hydroxylation is 1. The molecule has 32 heavy (non-hydrogen) atoms. The van der Waals surface area contributed by atoms with Crippen LogP contribution in [0, 0.1) is 6.92 Å². The first-order chi connectivity index (χ1) is 15.5. The van der Waals surface area contributed by atoms with Crippen molar-refractivity contribution < 1.29 is 9.15 Å². The monoisotopic (exact) mass is 483 g/mol. The lowest BCUT2D eigenvalue weighted by molar-refractivity contribution is 0.296. The van der Waals surface area contributed by atoms with Gasteiger partial charge < -0.3 is 9.15 Å². The second-order valence-electron chi connectivity index (χ2n) is 7.04. The van der Waals surface area contributed by atoms with E-state index in [0.29, 0.717) is 42.4 Å². The Hall–Kier alpha value is -3.13. The molecule has 3 aromatic heterocycles. The van der Waals surface area contributed by atoms with Gasteiger partial charge in [-0.3, -0.25) is 4.79 Å². The summed E-state index contributed by atoms with van der Waals surface area (Å²) in [6.45, 7) is 2.19. The zero-order valence-electron chi connectivity index (χ0n) is 16.7. The van der Waals surface area contributed by atoms with Crippen LogP contribution in [0.15, 0.2) is 63.8 Å². The Kier molecular flexibility index (Phi) is 5.46. The predicted octanol–water partition coefficient (Wildman–Crippen LogP) is 5.15. The molecule has 0 radical (unpaired) electrons. The number of aromatic nitrogens is 3. The lowest BCUT2D eigenvalue weighted by Gasteiger charge is -2.03. The molecule has 0 saturated carbocycles. The van der Waals surface area contributed by atoms with Gasteiger partial charge in [-0.25, -0.2) is 0 Å². The molecule has 3 heterocycles. The van der Waals surface area contributed by atoms with E-state index in [2.05, 4.69) is 10.1 Å². The number of furan rings is 1. The van der Waals surface area contributed by atoms with Crippen molar-refractivity contribution in [3.63, 3.8) is 0 Å². The van der Waals surface area contributed by atoms with Gasteiger partial charge in [0.1, 0.15) is 28.4 Å². The first-order valence-electron chi connectivity index (χ1n) is 9.62. The minimum absolute atomic E-state index is 0.178. The molecule has 160 valence electrons. The van der Waals surface area contributed by atoms with Crippen LogP contribution in [0.4, 0.5) is 0 Å². The average Bonchev–Trinajstić information content (AvgIpc) is 3.47. The summed E-state index contributed by atoms with van der Waals surface area (Å²) in [7, 11) is 0. The quantitative estimate of drug-likeness (QED) is 0.345. The maximum Gasteiger partial charge on any atom is 0.291 e. The molecule has 0 fully saturated rings. The fourth-order valence-corrected chi connectivity index (χ4v) is 4.42. The molecule has 0 aliphatic heterocycles. The van der Waals surface area contributed by atoms with Gasteiger partial charge in [0.25, 0.3) is 5.56 Å². The number of hydrogen-bond acceptors (Lipinski definition) is 6. The minimum atomic E-state index is -0.266. The Morgan fingerprint density at radius 3 is 2.72 bits per heavy atom. The van der Waals surface area contributed by atoms with Gasteiger partial charge in [-0.1, -0.05) is 58.3 Å². The van der Waals surface area contributed by atoms with Crippen molar-refractivity contribution in [3.05, 3.63) is 96.7 Å². The van der Waals surface area contributed by atoms with Crippen molar-refractivity contribution in [3.8, 4) is 17.1 Å². The fourth-order valence-electron chi connectivity index (χ4n) is 3.12. The third kappa shape index (κ3) is 4.02. The highest BCUT2D eigenvalue weighted by Gasteiger charge is 2.13. The molecule has 5 aromatic rings. The van der Waals surface area contributed by atoms with Crippen LogP contribution in [-0.4, -0.2) is 14.6 Å². The Morgan fingerprint density at radius 1 is 1.12 bits per heavy atom. The van der Waals surface area contributed by atoms with Gasteiger partial charge in [-0.15, -0.1) is 5.10 Å². The summed E-state index contributed by atoms with van der Waals surface area (Å²) in [4.78, 5) is 17.7. The zero-order chi connectivity index (χ0) is 22.2. The van der Waals surface area contributed by atoms with Crippen LogP contribution in [-0.2, 0) is 6.61 Å². The van der Waals surface area contributed by atoms with Gasteiger partial charge in [0.15, 0.2) is 5.82 Å². The number of nitrogens with zero attached hydrogens (tertiary/aromatic N) is 3. The second kappa shape index (κ2) is 8.43. The topological polar surface area (TPSA) is 69.6 Å². The van der Waals surface area contributed by atoms with Gasteiger partial charge in [-0.05, 0) is 43.3 Å². The zero-order valence-corrected chi connectivity index (χ0v) is 19.0. The molecule has 0 aliphatic rings. The number of hydrogen-bond donors (Lipinski definition) is 0. The summed E-state index contributed by atoms with van der Waals surface area (Å²) >= 11 is 13.6. The summed E-state index contributed by atoms with van der Waals surface area (Å²) in [5, 5.41) is 5.14. The highest BCUT2D eigenvalue weighted by atomic mass is 35.5. The van der Waals surface area contributed by atoms with E-state index in [0.717, 1.165) is 11.3 Å². The van der Waals surface area contributed by atoms with Crippen LogP contribution in [0.2, 0.25) is 10.0 Å². The lowest BCUT2D eigenvalue weighted by atomic mass is 10.2. The first kappa shape index (κ1) is 20.8. The fraction of sp³-hybridized carbons (Fsp3) is 0.0870. The Morgan fingerprint density at radius 2 is 1.94 bits per heavy atom. The van der Waals surface area contributed by atoms with E-state index in [4.69, 9.17) is 32.4 Å². The Bertz CT molecular complexity index is 1540. The average molecular weight is 484 g/mol. The number of thiazole rings is 1. The van der Waals surface area contributed by atoms with Crippen molar-refractivity contribution >= 4 is 45.6 Å². The highest BCUT2D eigenvalue weighted by Crippen LogP contribution is 2.34. The second-order valence-corrected chi connectivity index (χ2v) is 8.84. The molecule has 9 heteroatoms. The van der Waals surface area contributed by atoms with Crippen LogP contribution >= 0.6 is 34.5 Å². The normalized spacial score (nSPS) is 12.0. The largest absolute Gasteiger partial charge is 0.486 e. The van der Waals surface area contributed by atoms with Crippen molar-refractivity contribution in [1.29, 1.82) is 0 Å². The predicted molar refractivity (Wildman–Crippen MR) is 126 cm³/mol. The number of fused-ring (bicyclic) bond motifs is 1. The molecule has 6 nitrogen and oxygen atoms in total. The van der Waals surface area contributed by atoms with Gasteiger partial charge in [0, 0.05) is 11.6 Å². The molecule has 0 N–H and O–H groups in total. The standard InChI is InChI=1S/C23H15Cl2N3O3S/c1-13-5-7-14(8-6-13)30-12-20-26-23-28(27-20)22(29)19(32-23)11-15-9-10-18(31-15)16-3-2-4-17(24)21(16)25/h2-11H,12H2,1H3. The van der Waals surface area contributed by atoms with E-state index in [1.54, 1.807) is 30.3 Å². The third-order valence-corrected chi connectivity index (χ3v) is 6.51. The molecular formula is C23H15Cl2N3O3S. The first-order valence-corrected chi connectivity index (χ1v) is 11.2. The SMILES string of the molecule is Cc1ccc(OCc2nc3sc(=Cc4ccc(-c5cccc(Cl)c5Cl)o4)c(=O)n3n2)cc1. The molecular weight excluding hydrogens is 469 g/mol. The molecule has 0 amide bonds. The third-order valence-electron chi connectivity index (χ3n) is 4.73. The summed E-state index contributed by atoms with van der Waals surface area (Å²) in [5.41, 5.74) is 1.57. The highest BCUT2D eigenvalue weighted by molar-refractivity contribution is 7.15. The van der Waals surface area contributed by atoms with Crippen LogP contribution in [0.3, 0.4) is 0 Å². The van der Waals surface area contributed by atoms with E-state index in [1.807, 2.05) is 37.3 Å². The number of rotatable bonds is 5. The van der Waals surface area contributed by atoms with Crippen LogP contribution < -0.4 is 14.8 Å². The number of ether oxygens (including phenoxy) is 1. The Balaban J connectivity index is 1.39. The molecule has 5 rings (SSSR count). The van der Waals surface area contributed by atoms with Gasteiger partial charge in [0.05, 0.1) is 10.0 Å². The van der Waals surface area contributed by atoms with E-state index in [9.17, 15) is 4.79 Å². The van der Waals surface area contributed by atoms with Gasteiger partial charge >= 0.3 is 0 Å². The van der Waals surface area contributed by atoms with E-state index in [-0.39, 0.29) is 12.2 Å². The van der Waals surface area contributed by atoms with Crippen LogP contribution in [0.1, 0.15) is 17.1 Å². The summed E-state index contributed by atoms with van der Waals surface area (Å²) < 4.78 is 13.3. The van der Waals surface area contributed by atoms with E-state index < -0.39 is 0 Å².